The maximum absolute atomic E-state index is 12.2. The van der Waals surface area contributed by atoms with Crippen molar-refractivity contribution in [2.75, 3.05) is 13.7 Å². The predicted molar refractivity (Wildman–Crippen MR) is 73.3 cm³/mol. The molecule has 1 aliphatic heterocycles. The molecule has 0 aromatic heterocycles. The van der Waals surface area contributed by atoms with Crippen LogP contribution in [0.25, 0.3) is 0 Å². The average Bonchev–Trinajstić information content (AvgIpc) is 2.84. The highest BCUT2D eigenvalue weighted by Gasteiger charge is 2.23. The molecule has 1 aromatic rings. The summed E-state index contributed by atoms with van der Waals surface area (Å²) in [6, 6.07) is 5.25. The molecule has 1 heterocycles. The summed E-state index contributed by atoms with van der Waals surface area (Å²) >= 11 is 0. The van der Waals surface area contributed by atoms with Crippen molar-refractivity contribution in [1.82, 2.24) is 10.0 Å². The fourth-order valence-corrected chi connectivity index (χ4v) is 3.11. The second kappa shape index (κ2) is 5.20. The lowest BCUT2D eigenvalue weighted by Crippen LogP contribution is -2.39. The van der Waals surface area contributed by atoms with Gasteiger partial charge in [-0.05, 0) is 37.1 Å². The molecule has 0 bridgehead atoms. The summed E-state index contributed by atoms with van der Waals surface area (Å²) in [5, 5.41) is 3.20. The molecule has 19 heavy (non-hydrogen) atoms. The summed E-state index contributed by atoms with van der Waals surface area (Å²) < 4.78 is 32.2. The van der Waals surface area contributed by atoms with Crippen LogP contribution in [0.2, 0.25) is 0 Å². The van der Waals surface area contributed by atoms with Crippen LogP contribution in [0.15, 0.2) is 23.1 Å². The summed E-state index contributed by atoms with van der Waals surface area (Å²) in [6.45, 7) is 5.44. The Balaban J connectivity index is 2.16. The van der Waals surface area contributed by atoms with Gasteiger partial charge in [-0.2, -0.15) is 0 Å². The minimum atomic E-state index is -3.48. The molecule has 6 heteroatoms. The summed E-state index contributed by atoms with van der Waals surface area (Å²) in [5.74, 6) is 0. The highest BCUT2D eigenvalue weighted by molar-refractivity contribution is 7.89. The molecular formula is C13H20N2O3S. The van der Waals surface area contributed by atoms with E-state index in [4.69, 9.17) is 4.74 Å². The minimum Gasteiger partial charge on any atom is -0.377 e. The number of sulfonamides is 1. The van der Waals surface area contributed by atoms with Gasteiger partial charge < -0.3 is 10.1 Å². The van der Waals surface area contributed by atoms with Crippen molar-refractivity contribution in [3.05, 3.63) is 29.3 Å². The molecule has 5 nitrogen and oxygen atoms in total. The molecule has 0 atom stereocenters. The molecule has 0 fully saturated rings. The zero-order chi connectivity index (χ0) is 14.1. The molecule has 0 spiro atoms. The number of ether oxygens (including phenoxy) is 1. The minimum absolute atomic E-state index is 0.237. The standard InChI is InChI=1S/C13H20N2O3S/c1-13(2,18-3)9-15-19(16,17)12-5-4-10-7-14-8-11(10)6-12/h4-6,14-15H,7-9H2,1-3H3. The van der Waals surface area contributed by atoms with E-state index in [1.54, 1.807) is 19.2 Å². The SMILES string of the molecule is COC(C)(C)CNS(=O)(=O)c1ccc2c(c1)CNC2. The van der Waals surface area contributed by atoms with Crippen molar-refractivity contribution in [3.63, 3.8) is 0 Å². The topological polar surface area (TPSA) is 67.4 Å². The molecule has 0 amide bonds. The first-order valence-electron chi connectivity index (χ1n) is 6.21. The molecule has 1 aliphatic rings. The Morgan fingerprint density at radius 2 is 2.00 bits per heavy atom. The lowest BCUT2D eigenvalue weighted by molar-refractivity contribution is 0.0276. The molecule has 2 N–H and O–H groups in total. The van der Waals surface area contributed by atoms with Gasteiger partial charge in [-0.15, -0.1) is 0 Å². The Kier molecular flexibility index (Phi) is 3.96. The van der Waals surface area contributed by atoms with Gasteiger partial charge in [0.1, 0.15) is 0 Å². The Bertz CT molecular complexity index is 567. The fourth-order valence-electron chi connectivity index (χ4n) is 1.86. The third-order valence-electron chi connectivity index (χ3n) is 3.36. The van der Waals surface area contributed by atoms with Crippen molar-refractivity contribution in [2.24, 2.45) is 0 Å². The van der Waals surface area contributed by atoms with Crippen molar-refractivity contribution >= 4 is 10.0 Å². The highest BCUT2D eigenvalue weighted by Crippen LogP contribution is 2.20. The summed E-state index contributed by atoms with van der Waals surface area (Å²) in [5.41, 5.74) is 1.69. The van der Waals surface area contributed by atoms with Gasteiger partial charge in [-0.3, -0.25) is 0 Å². The number of rotatable bonds is 5. The van der Waals surface area contributed by atoms with Crippen LogP contribution in [0, 0.1) is 0 Å². The van der Waals surface area contributed by atoms with E-state index in [0.29, 0.717) is 4.90 Å². The van der Waals surface area contributed by atoms with Crippen molar-refractivity contribution in [1.29, 1.82) is 0 Å². The van der Waals surface area contributed by atoms with E-state index in [0.717, 1.165) is 24.2 Å². The predicted octanol–water partition coefficient (Wildman–Crippen LogP) is 0.993. The Morgan fingerprint density at radius 3 is 2.68 bits per heavy atom. The lowest BCUT2D eigenvalue weighted by Gasteiger charge is -2.23. The first-order valence-corrected chi connectivity index (χ1v) is 7.70. The van der Waals surface area contributed by atoms with Gasteiger partial charge in [0.25, 0.3) is 0 Å². The van der Waals surface area contributed by atoms with Crippen LogP contribution < -0.4 is 10.0 Å². The van der Waals surface area contributed by atoms with Crippen molar-refractivity contribution in [2.45, 2.75) is 37.4 Å². The third-order valence-corrected chi connectivity index (χ3v) is 4.76. The van der Waals surface area contributed by atoms with Crippen LogP contribution in [0.1, 0.15) is 25.0 Å². The van der Waals surface area contributed by atoms with E-state index in [1.807, 2.05) is 19.9 Å². The molecule has 2 rings (SSSR count). The normalized spacial score (nSPS) is 15.5. The van der Waals surface area contributed by atoms with Crippen LogP contribution in [0.4, 0.5) is 0 Å². The maximum Gasteiger partial charge on any atom is 0.240 e. The van der Waals surface area contributed by atoms with Gasteiger partial charge in [0.2, 0.25) is 10.0 Å². The molecular weight excluding hydrogens is 264 g/mol. The van der Waals surface area contributed by atoms with E-state index in [9.17, 15) is 8.42 Å². The smallest absolute Gasteiger partial charge is 0.240 e. The average molecular weight is 284 g/mol. The Labute approximate surface area is 114 Å². The molecule has 0 radical (unpaired) electrons. The number of hydrogen-bond acceptors (Lipinski definition) is 4. The second-order valence-corrected chi connectivity index (χ2v) is 7.09. The van der Waals surface area contributed by atoms with Crippen LogP contribution in [-0.4, -0.2) is 27.7 Å². The van der Waals surface area contributed by atoms with Gasteiger partial charge in [-0.25, -0.2) is 13.1 Å². The van der Waals surface area contributed by atoms with Gasteiger partial charge in [0.15, 0.2) is 0 Å². The van der Waals surface area contributed by atoms with E-state index in [2.05, 4.69) is 10.0 Å². The number of nitrogens with one attached hydrogen (secondary N) is 2. The number of benzene rings is 1. The maximum atomic E-state index is 12.2. The molecule has 0 saturated heterocycles. The van der Waals surface area contributed by atoms with Crippen molar-refractivity contribution < 1.29 is 13.2 Å². The molecule has 0 aliphatic carbocycles. The van der Waals surface area contributed by atoms with Gasteiger partial charge in [0.05, 0.1) is 10.5 Å². The number of fused-ring (bicyclic) bond motifs is 1. The highest BCUT2D eigenvalue weighted by atomic mass is 32.2. The van der Waals surface area contributed by atoms with Gasteiger partial charge >= 0.3 is 0 Å². The second-order valence-electron chi connectivity index (χ2n) is 5.32. The van der Waals surface area contributed by atoms with Crippen LogP contribution in [-0.2, 0) is 27.8 Å². The van der Waals surface area contributed by atoms with E-state index >= 15 is 0 Å². The summed E-state index contributed by atoms with van der Waals surface area (Å²) in [6.07, 6.45) is 0. The van der Waals surface area contributed by atoms with Crippen LogP contribution in [0.5, 0.6) is 0 Å². The van der Waals surface area contributed by atoms with Gasteiger partial charge in [0, 0.05) is 26.7 Å². The summed E-state index contributed by atoms with van der Waals surface area (Å²) in [7, 11) is -1.92. The largest absolute Gasteiger partial charge is 0.377 e. The zero-order valence-electron chi connectivity index (χ0n) is 11.5. The van der Waals surface area contributed by atoms with E-state index in [-0.39, 0.29) is 6.54 Å². The first-order chi connectivity index (χ1) is 8.84. The van der Waals surface area contributed by atoms with Gasteiger partial charge in [-0.1, -0.05) is 6.07 Å². The van der Waals surface area contributed by atoms with Crippen molar-refractivity contribution in [3.8, 4) is 0 Å². The summed E-state index contributed by atoms with van der Waals surface area (Å²) in [4.78, 5) is 0.307. The molecule has 0 unspecified atom stereocenters. The fraction of sp³-hybridized carbons (Fsp3) is 0.538. The molecule has 0 saturated carbocycles. The van der Waals surface area contributed by atoms with Crippen LogP contribution in [0.3, 0.4) is 0 Å². The zero-order valence-corrected chi connectivity index (χ0v) is 12.3. The van der Waals surface area contributed by atoms with E-state index < -0.39 is 15.6 Å². The lowest BCUT2D eigenvalue weighted by atomic mass is 10.1. The third kappa shape index (κ3) is 3.33. The number of hydrogen-bond donors (Lipinski definition) is 2. The monoisotopic (exact) mass is 284 g/mol. The van der Waals surface area contributed by atoms with E-state index in [1.165, 1.54) is 0 Å². The first kappa shape index (κ1) is 14.5. The van der Waals surface area contributed by atoms with Crippen LogP contribution >= 0.6 is 0 Å². The molecule has 1 aromatic carbocycles. The quantitative estimate of drug-likeness (QED) is 0.846. The Hall–Kier alpha value is -0.950. The Morgan fingerprint density at radius 1 is 1.32 bits per heavy atom. The number of methoxy groups -OCH3 is 1. The molecule has 106 valence electrons.